The molecule has 2 N–H and O–H groups in total. The van der Waals surface area contributed by atoms with E-state index >= 15 is 0 Å². The van der Waals surface area contributed by atoms with Crippen LogP contribution >= 0.6 is 0 Å². The summed E-state index contributed by atoms with van der Waals surface area (Å²) in [4.78, 5) is 1.96. The van der Waals surface area contributed by atoms with Crippen LogP contribution in [0.4, 0.5) is 20.2 Å². The largest absolute Gasteiger partial charge is 0.399 e. The van der Waals surface area contributed by atoms with Gasteiger partial charge in [0, 0.05) is 37.1 Å². The lowest BCUT2D eigenvalue weighted by Crippen LogP contribution is -2.39. The molecule has 1 saturated heterocycles. The van der Waals surface area contributed by atoms with E-state index in [-0.39, 0.29) is 11.7 Å². The Balaban J connectivity index is 2.26. The first-order chi connectivity index (χ1) is 8.61. The van der Waals surface area contributed by atoms with E-state index in [1.807, 2.05) is 4.90 Å². The van der Waals surface area contributed by atoms with Crippen molar-refractivity contribution < 1.29 is 13.5 Å². The molecule has 0 radical (unpaired) electrons. The molecule has 1 aliphatic heterocycles. The zero-order valence-electron chi connectivity index (χ0n) is 10.4. The number of anilines is 2. The highest BCUT2D eigenvalue weighted by atomic mass is 19.3. The number of piperidine rings is 1. The van der Waals surface area contributed by atoms with Gasteiger partial charge in [-0.05, 0) is 31.0 Å². The second kappa shape index (κ2) is 5.52. The van der Waals surface area contributed by atoms with Crippen LogP contribution in [0.1, 0.15) is 24.8 Å². The lowest BCUT2D eigenvalue weighted by atomic mass is 10.0. The fourth-order valence-electron chi connectivity index (χ4n) is 2.39. The molecular formula is C13H18F2N2O. The Morgan fingerprint density at radius 3 is 2.89 bits per heavy atom. The molecule has 1 aliphatic rings. The Labute approximate surface area is 106 Å². The molecule has 1 fully saturated rings. The predicted molar refractivity (Wildman–Crippen MR) is 68.1 cm³/mol. The monoisotopic (exact) mass is 256 g/mol. The standard InChI is InChI=1S/C13H18F2N2O/c1-18-10-3-2-6-17(8-10)12-5-4-9(16)7-11(12)13(14)15/h4-5,7,10,13H,2-3,6,8,16H2,1H3. The fourth-order valence-corrected chi connectivity index (χ4v) is 2.39. The molecule has 0 bridgehead atoms. The highest BCUT2D eigenvalue weighted by Crippen LogP contribution is 2.33. The van der Waals surface area contributed by atoms with Crippen molar-refractivity contribution in [1.29, 1.82) is 0 Å². The number of nitrogens with two attached hydrogens (primary N) is 1. The first-order valence-electron chi connectivity index (χ1n) is 6.07. The molecule has 0 aliphatic carbocycles. The molecule has 0 amide bonds. The van der Waals surface area contributed by atoms with E-state index < -0.39 is 6.43 Å². The van der Waals surface area contributed by atoms with Crippen LogP contribution in [0, 0.1) is 0 Å². The van der Waals surface area contributed by atoms with Gasteiger partial charge in [-0.25, -0.2) is 8.78 Å². The molecule has 3 nitrogen and oxygen atoms in total. The van der Waals surface area contributed by atoms with Gasteiger partial charge in [0.25, 0.3) is 6.43 Å². The molecule has 5 heteroatoms. The van der Waals surface area contributed by atoms with Gasteiger partial charge in [0.05, 0.1) is 6.10 Å². The average Bonchev–Trinajstić information content (AvgIpc) is 2.38. The van der Waals surface area contributed by atoms with Crippen molar-refractivity contribution >= 4 is 11.4 Å². The normalized spacial score (nSPS) is 20.4. The quantitative estimate of drug-likeness (QED) is 0.845. The Kier molecular flexibility index (Phi) is 4.01. The van der Waals surface area contributed by atoms with Crippen molar-refractivity contribution in [2.45, 2.75) is 25.4 Å². The molecular weight excluding hydrogens is 238 g/mol. The maximum atomic E-state index is 13.0. The van der Waals surface area contributed by atoms with Crippen molar-refractivity contribution in [3.63, 3.8) is 0 Å². The molecule has 18 heavy (non-hydrogen) atoms. The Hall–Kier alpha value is -1.36. The predicted octanol–water partition coefficient (Wildman–Crippen LogP) is 2.82. The Morgan fingerprint density at radius 2 is 2.22 bits per heavy atom. The maximum Gasteiger partial charge on any atom is 0.265 e. The number of nitrogen functional groups attached to an aromatic ring is 1. The van der Waals surface area contributed by atoms with Gasteiger partial charge >= 0.3 is 0 Å². The number of ether oxygens (including phenoxy) is 1. The Morgan fingerprint density at radius 1 is 1.44 bits per heavy atom. The van der Waals surface area contributed by atoms with Gasteiger partial charge in [0.15, 0.2) is 0 Å². The number of hydrogen-bond donors (Lipinski definition) is 1. The van der Waals surface area contributed by atoms with Crippen LogP contribution in [0.5, 0.6) is 0 Å². The number of nitrogens with zero attached hydrogens (tertiary/aromatic N) is 1. The average molecular weight is 256 g/mol. The van der Waals surface area contributed by atoms with Crippen LogP contribution < -0.4 is 10.6 Å². The third kappa shape index (κ3) is 2.72. The van der Waals surface area contributed by atoms with E-state index in [2.05, 4.69) is 0 Å². The summed E-state index contributed by atoms with van der Waals surface area (Å²) in [7, 11) is 1.66. The van der Waals surface area contributed by atoms with Crippen molar-refractivity contribution in [3.8, 4) is 0 Å². The van der Waals surface area contributed by atoms with E-state index in [0.29, 0.717) is 17.9 Å². The van der Waals surface area contributed by atoms with Gasteiger partial charge in [-0.2, -0.15) is 0 Å². The van der Waals surface area contributed by atoms with Gasteiger partial charge in [0.1, 0.15) is 0 Å². The molecule has 0 aromatic heterocycles. The molecule has 100 valence electrons. The summed E-state index contributed by atoms with van der Waals surface area (Å²) >= 11 is 0. The number of halogens is 2. The van der Waals surface area contributed by atoms with E-state index in [0.717, 1.165) is 19.4 Å². The Bertz CT molecular complexity index is 412. The first-order valence-corrected chi connectivity index (χ1v) is 6.07. The van der Waals surface area contributed by atoms with Crippen LogP contribution in [-0.4, -0.2) is 26.3 Å². The lowest BCUT2D eigenvalue weighted by molar-refractivity contribution is 0.0888. The minimum atomic E-state index is -2.51. The van der Waals surface area contributed by atoms with Gasteiger partial charge < -0.3 is 15.4 Å². The van der Waals surface area contributed by atoms with Crippen molar-refractivity contribution in [2.24, 2.45) is 0 Å². The zero-order valence-corrected chi connectivity index (χ0v) is 10.4. The second-order valence-corrected chi connectivity index (χ2v) is 4.56. The minimum absolute atomic E-state index is 0.00625. The number of methoxy groups -OCH3 is 1. The number of benzene rings is 1. The van der Waals surface area contributed by atoms with E-state index in [1.165, 1.54) is 6.07 Å². The topological polar surface area (TPSA) is 38.5 Å². The third-order valence-electron chi connectivity index (χ3n) is 3.34. The summed E-state index contributed by atoms with van der Waals surface area (Å²) < 4.78 is 31.4. The highest BCUT2D eigenvalue weighted by molar-refractivity contribution is 5.60. The third-order valence-corrected chi connectivity index (χ3v) is 3.34. The van der Waals surface area contributed by atoms with Gasteiger partial charge in [-0.15, -0.1) is 0 Å². The van der Waals surface area contributed by atoms with Gasteiger partial charge in [-0.3, -0.25) is 0 Å². The number of hydrogen-bond acceptors (Lipinski definition) is 3. The van der Waals surface area contributed by atoms with Crippen LogP contribution in [0.2, 0.25) is 0 Å². The summed E-state index contributed by atoms with van der Waals surface area (Å²) in [6.07, 6.45) is -0.467. The van der Waals surface area contributed by atoms with Crippen LogP contribution in [0.3, 0.4) is 0 Å². The number of alkyl halides is 2. The maximum absolute atomic E-state index is 13.0. The van der Waals surface area contributed by atoms with E-state index in [4.69, 9.17) is 10.5 Å². The first kappa shape index (κ1) is 13.1. The fraction of sp³-hybridized carbons (Fsp3) is 0.538. The summed E-state index contributed by atoms with van der Waals surface area (Å²) in [6.45, 7) is 1.43. The summed E-state index contributed by atoms with van der Waals surface area (Å²) in [5.41, 5.74) is 6.52. The SMILES string of the molecule is COC1CCCN(c2ccc(N)cc2C(F)F)C1. The summed E-state index contributed by atoms with van der Waals surface area (Å²) in [5, 5.41) is 0. The zero-order chi connectivity index (χ0) is 13.1. The molecule has 1 aromatic carbocycles. The summed E-state index contributed by atoms with van der Waals surface area (Å²) in [6, 6.07) is 4.70. The second-order valence-electron chi connectivity index (χ2n) is 4.56. The van der Waals surface area contributed by atoms with Gasteiger partial charge in [-0.1, -0.05) is 0 Å². The summed E-state index contributed by atoms with van der Waals surface area (Å²) in [5.74, 6) is 0. The smallest absolute Gasteiger partial charge is 0.265 e. The van der Waals surface area contributed by atoms with Crippen molar-refractivity contribution in [3.05, 3.63) is 23.8 Å². The number of rotatable bonds is 3. The lowest BCUT2D eigenvalue weighted by Gasteiger charge is -2.34. The highest BCUT2D eigenvalue weighted by Gasteiger charge is 2.24. The molecule has 1 heterocycles. The molecule has 1 aromatic rings. The van der Waals surface area contributed by atoms with Gasteiger partial charge in [0.2, 0.25) is 0 Å². The van der Waals surface area contributed by atoms with Crippen molar-refractivity contribution in [2.75, 3.05) is 30.8 Å². The van der Waals surface area contributed by atoms with Crippen LogP contribution in [-0.2, 0) is 4.74 Å². The molecule has 0 saturated carbocycles. The molecule has 0 spiro atoms. The van der Waals surface area contributed by atoms with E-state index in [9.17, 15) is 8.78 Å². The molecule has 1 atom stereocenters. The molecule has 2 rings (SSSR count). The van der Waals surface area contributed by atoms with Crippen LogP contribution in [0.25, 0.3) is 0 Å². The molecule has 1 unspecified atom stereocenters. The van der Waals surface area contributed by atoms with Crippen LogP contribution in [0.15, 0.2) is 18.2 Å². The minimum Gasteiger partial charge on any atom is -0.399 e. The van der Waals surface area contributed by atoms with E-state index in [1.54, 1.807) is 19.2 Å². The van der Waals surface area contributed by atoms with Crippen molar-refractivity contribution in [1.82, 2.24) is 0 Å².